The topological polar surface area (TPSA) is 46.5 Å². The molecule has 112 valence electrons. The van der Waals surface area contributed by atoms with Gasteiger partial charge in [-0.15, -0.1) is 0 Å². The van der Waals surface area contributed by atoms with Crippen molar-refractivity contribution in [2.45, 2.75) is 38.9 Å². The third-order valence-corrected chi connectivity index (χ3v) is 3.67. The Morgan fingerprint density at radius 3 is 3.00 bits per heavy atom. The maximum Gasteiger partial charge on any atom is 0.242 e. The van der Waals surface area contributed by atoms with Crippen molar-refractivity contribution in [2.24, 2.45) is 0 Å². The molecule has 1 saturated carbocycles. The Morgan fingerprint density at radius 1 is 1.55 bits per heavy atom. The van der Waals surface area contributed by atoms with Crippen molar-refractivity contribution in [1.82, 2.24) is 14.8 Å². The number of nitrogens with zero attached hydrogens (tertiary/aromatic N) is 2. The number of carbonyl (C=O) groups is 1. The van der Waals surface area contributed by atoms with Gasteiger partial charge in [0.25, 0.3) is 0 Å². The van der Waals surface area contributed by atoms with Gasteiger partial charge in [-0.1, -0.05) is 0 Å². The molecule has 0 spiro atoms. The third kappa shape index (κ3) is 4.08. The van der Waals surface area contributed by atoms with Crippen LogP contribution in [0.2, 0.25) is 0 Å². The van der Waals surface area contributed by atoms with Crippen LogP contribution in [0.15, 0.2) is 18.3 Å². The van der Waals surface area contributed by atoms with Crippen LogP contribution in [0.5, 0.6) is 0 Å². The summed E-state index contributed by atoms with van der Waals surface area (Å²) >= 11 is 0. The fourth-order valence-corrected chi connectivity index (χ4v) is 2.42. The third-order valence-electron chi connectivity index (χ3n) is 3.67. The van der Waals surface area contributed by atoms with Crippen LogP contribution in [0.1, 0.15) is 25.5 Å². The Labute approximate surface area is 120 Å². The minimum Gasteiger partial charge on any atom is -0.383 e. The molecule has 1 amide bonds. The number of hydrogen-bond acceptors (Lipinski definition) is 3. The molecule has 1 fully saturated rings. The second kappa shape index (κ2) is 7.45. The molecule has 1 aromatic rings. The van der Waals surface area contributed by atoms with Crippen molar-refractivity contribution >= 4 is 5.91 Å². The molecule has 0 atom stereocenters. The Morgan fingerprint density at radius 2 is 2.35 bits per heavy atom. The smallest absolute Gasteiger partial charge is 0.242 e. The van der Waals surface area contributed by atoms with E-state index in [1.54, 1.807) is 7.11 Å². The van der Waals surface area contributed by atoms with E-state index in [0.717, 1.165) is 38.2 Å². The van der Waals surface area contributed by atoms with E-state index in [1.807, 2.05) is 21.7 Å². The molecule has 0 aliphatic heterocycles. The molecule has 1 aliphatic rings. The molecule has 0 radical (unpaired) electrons. The standard InChI is InChI=1S/C15H25N3O2/c1-3-18(13-6-7-13)15(19)12-17-9-4-5-14(17)11-16-8-10-20-2/h4-5,9,13,16H,3,6-8,10-12H2,1-2H3. The lowest BCUT2D eigenvalue weighted by Gasteiger charge is -2.21. The zero-order valence-electron chi connectivity index (χ0n) is 12.5. The van der Waals surface area contributed by atoms with Gasteiger partial charge in [-0.2, -0.15) is 0 Å². The average molecular weight is 279 g/mol. The molecule has 5 nitrogen and oxygen atoms in total. The summed E-state index contributed by atoms with van der Waals surface area (Å²) in [5, 5.41) is 3.31. The van der Waals surface area contributed by atoms with E-state index in [0.29, 0.717) is 19.2 Å². The quantitative estimate of drug-likeness (QED) is 0.692. The zero-order chi connectivity index (χ0) is 14.4. The van der Waals surface area contributed by atoms with Crippen LogP contribution >= 0.6 is 0 Å². The highest BCUT2D eigenvalue weighted by atomic mass is 16.5. The van der Waals surface area contributed by atoms with Crippen molar-refractivity contribution in [1.29, 1.82) is 0 Å². The first kappa shape index (κ1) is 15.1. The number of hydrogen-bond donors (Lipinski definition) is 1. The van der Waals surface area contributed by atoms with Crippen molar-refractivity contribution in [2.75, 3.05) is 26.8 Å². The van der Waals surface area contributed by atoms with Crippen LogP contribution in [-0.4, -0.2) is 48.2 Å². The summed E-state index contributed by atoms with van der Waals surface area (Å²) in [7, 11) is 1.69. The second-order valence-corrected chi connectivity index (χ2v) is 5.21. The van der Waals surface area contributed by atoms with Gasteiger partial charge in [0.05, 0.1) is 6.61 Å². The molecule has 0 saturated heterocycles. The zero-order valence-corrected chi connectivity index (χ0v) is 12.5. The number of methoxy groups -OCH3 is 1. The highest BCUT2D eigenvalue weighted by Crippen LogP contribution is 2.26. The minimum absolute atomic E-state index is 0.226. The van der Waals surface area contributed by atoms with Crippen molar-refractivity contribution in [3.63, 3.8) is 0 Å². The van der Waals surface area contributed by atoms with Crippen molar-refractivity contribution < 1.29 is 9.53 Å². The summed E-state index contributed by atoms with van der Waals surface area (Å²) in [6.45, 7) is 5.59. The molecule has 0 bridgehead atoms. The van der Waals surface area contributed by atoms with Crippen LogP contribution in [-0.2, 0) is 22.6 Å². The van der Waals surface area contributed by atoms with Crippen LogP contribution in [0.3, 0.4) is 0 Å². The highest BCUT2D eigenvalue weighted by molar-refractivity contribution is 5.76. The molecule has 20 heavy (non-hydrogen) atoms. The number of likely N-dealkylation sites (N-methyl/N-ethyl adjacent to an activating group) is 1. The van der Waals surface area contributed by atoms with E-state index >= 15 is 0 Å². The lowest BCUT2D eigenvalue weighted by Crippen LogP contribution is -2.35. The van der Waals surface area contributed by atoms with Gasteiger partial charge in [0.15, 0.2) is 0 Å². The normalized spacial score (nSPS) is 14.5. The SMILES string of the molecule is CCN(C(=O)Cn1cccc1CNCCOC)C1CC1. The largest absolute Gasteiger partial charge is 0.383 e. The fourth-order valence-electron chi connectivity index (χ4n) is 2.42. The molecule has 0 aromatic carbocycles. The second-order valence-electron chi connectivity index (χ2n) is 5.21. The monoisotopic (exact) mass is 279 g/mol. The number of amides is 1. The summed E-state index contributed by atoms with van der Waals surface area (Å²) < 4.78 is 7.04. The fraction of sp³-hybridized carbons (Fsp3) is 0.667. The molecular weight excluding hydrogens is 254 g/mol. The lowest BCUT2D eigenvalue weighted by atomic mass is 10.4. The van der Waals surface area contributed by atoms with Gasteiger partial charge in [-0.25, -0.2) is 0 Å². The van der Waals surface area contributed by atoms with E-state index in [4.69, 9.17) is 4.74 Å². The number of nitrogens with one attached hydrogen (secondary N) is 1. The Bertz CT molecular complexity index is 427. The summed E-state index contributed by atoms with van der Waals surface area (Å²) in [5.41, 5.74) is 1.14. The van der Waals surface area contributed by atoms with Gasteiger partial charge >= 0.3 is 0 Å². The van der Waals surface area contributed by atoms with E-state index in [1.165, 1.54) is 0 Å². The maximum absolute atomic E-state index is 12.3. The Hall–Kier alpha value is -1.33. The van der Waals surface area contributed by atoms with E-state index < -0.39 is 0 Å². The average Bonchev–Trinajstić information content (AvgIpc) is 3.17. The van der Waals surface area contributed by atoms with Crippen LogP contribution in [0, 0.1) is 0 Å². The van der Waals surface area contributed by atoms with Crippen molar-refractivity contribution in [3.05, 3.63) is 24.0 Å². The van der Waals surface area contributed by atoms with Crippen LogP contribution in [0.4, 0.5) is 0 Å². The van der Waals surface area contributed by atoms with Gasteiger partial charge in [-0.3, -0.25) is 4.79 Å². The number of aromatic nitrogens is 1. The van der Waals surface area contributed by atoms with Crippen molar-refractivity contribution in [3.8, 4) is 0 Å². The number of ether oxygens (including phenoxy) is 1. The molecule has 1 N–H and O–H groups in total. The predicted molar refractivity (Wildman–Crippen MR) is 78.4 cm³/mol. The first-order chi connectivity index (χ1) is 9.76. The predicted octanol–water partition coefficient (Wildman–Crippen LogP) is 1.23. The highest BCUT2D eigenvalue weighted by Gasteiger charge is 2.31. The summed E-state index contributed by atoms with van der Waals surface area (Å²) in [4.78, 5) is 14.3. The van der Waals surface area contributed by atoms with Crippen LogP contribution < -0.4 is 5.32 Å². The first-order valence-corrected chi connectivity index (χ1v) is 7.39. The minimum atomic E-state index is 0.226. The Balaban J connectivity index is 1.85. The maximum atomic E-state index is 12.3. The van der Waals surface area contributed by atoms with E-state index in [-0.39, 0.29) is 5.91 Å². The number of carbonyl (C=O) groups excluding carboxylic acids is 1. The molecular formula is C15H25N3O2. The van der Waals surface area contributed by atoms with Gasteiger partial charge < -0.3 is 19.5 Å². The molecule has 1 heterocycles. The van der Waals surface area contributed by atoms with Gasteiger partial charge in [0.2, 0.25) is 5.91 Å². The van der Waals surface area contributed by atoms with Gasteiger partial charge in [0.1, 0.15) is 6.54 Å². The Kier molecular flexibility index (Phi) is 5.61. The molecule has 1 aliphatic carbocycles. The molecule has 5 heteroatoms. The van der Waals surface area contributed by atoms with Gasteiger partial charge in [-0.05, 0) is 31.9 Å². The van der Waals surface area contributed by atoms with E-state index in [2.05, 4.69) is 18.3 Å². The number of rotatable bonds is 9. The first-order valence-electron chi connectivity index (χ1n) is 7.39. The van der Waals surface area contributed by atoms with E-state index in [9.17, 15) is 4.79 Å². The molecule has 0 unspecified atom stereocenters. The lowest BCUT2D eigenvalue weighted by molar-refractivity contribution is -0.132. The summed E-state index contributed by atoms with van der Waals surface area (Å²) in [6.07, 6.45) is 4.30. The summed E-state index contributed by atoms with van der Waals surface area (Å²) in [6, 6.07) is 4.54. The van der Waals surface area contributed by atoms with Crippen LogP contribution in [0.25, 0.3) is 0 Å². The molecule has 1 aromatic heterocycles. The molecule has 2 rings (SSSR count). The summed E-state index contributed by atoms with van der Waals surface area (Å²) in [5.74, 6) is 0.226. The van der Waals surface area contributed by atoms with Gasteiger partial charge in [0, 0.05) is 44.7 Å².